The summed E-state index contributed by atoms with van der Waals surface area (Å²) in [4.78, 5) is 12.2. The molecular formula is C16H17N3Na2O8S2. The number of azo groups is 1. The molecule has 2 aromatic rings. The first-order chi connectivity index (χ1) is 13.7. The number of rotatable bonds is 9. The number of hydrogen-bond acceptors (Lipinski definition) is 11. The molecule has 2 rings (SSSR count). The van der Waals surface area contributed by atoms with E-state index in [1.165, 1.54) is 19.1 Å². The van der Waals surface area contributed by atoms with E-state index in [0.717, 1.165) is 4.57 Å². The van der Waals surface area contributed by atoms with Crippen molar-refractivity contribution in [3.05, 3.63) is 40.2 Å². The van der Waals surface area contributed by atoms with E-state index >= 15 is 0 Å². The van der Waals surface area contributed by atoms with Crippen LogP contribution in [0.15, 0.2) is 49.1 Å². The Balaban J connectivity index is 0.00000450. The van der Waals surface area contributed by atoms with Crippen molar-refractivity contribution in [3.63, 3.8) is 0 Å². The molecule has 1 heterocycles. The van der Waals surface area contributed by atoms with Crippen LogP contribution >= 0.6 is 12.0 Å². The van der Waals surface area contributed by atoms with Crippen LogP contribution < -0.4 is 69.9 Å². The van der Waals surface area contributed by atoms with Crippen LogP contribution in [0.5, 0.6) is 5.88 Å². The van der Waals surface area contributed by atoms with Crippen LogP contribution in [0.1, 0.15) is 25.3 Å². The van der Waals surface area contributed by atoms with Crippen molar-refractivity contribution < 1.29 is 91.8 Å². The van der Waals surface area contributed by atoms with Gasteiger partial charge in [-0.2, -0.15) is 9.45 Å². The number of aromatic hydroxyl groups is 1. The summed E-state index contributed by atoms with van der Waals surface area (Å²) in [7, 11) is -5.08. The van der Waals surface area contributed by atoms with Gasteiger partial charge in [0, 0.05) is 17.0 Å². The molecular weight excluding hydrogens is 472 g/mol. The van der Waals surface area contributed by atoms with Crippen molar-refractivity contribution >= 4 is 33.5 Å². The molecule has 11 nitrogen and oxygen atoms in total. The minimum absolute atomic E-state index is 0. The van der Waals surface area contributed by atoms with Crippen LogP contribution in [0.25, 0.3) is 0 Å². The molecule has 0 spiro atoms. The van der Waals surface area contributed by atoms with E-state index < -0.39 is 26.5 Å². The molecule has 1 aromatic heterocycles. The monoisotopic (exact) mass is 489 g/mol. The second kappa shape index (κ2) is 14.1. The van der Waals surface area contributed by atoms with Crippen molar-refractivity contribution in [1.82, 2.24) is 4.57 Å². The zero-order valence-corrected chi connectivity index (χ0v) is 23.0. The second-order valence-corrected chi connectivity index (χ2v) is 7.90. The van der Waals surface area contributed by atoms with Gasteiger partial charge in [-0.05, 0) is 31.5 Å². The first kappa shape index (κ1) is 30.7. The molecule has 0 amide bonds. The minimum atomic E-state index is -5.08. The SMILES string of the molecule is CCCCn1c(O)c(S(=O)(=O)[O-])c(C)c(N=Nc2cccc(SOO[O-])c2)c1=O.[Na+].[Na+]. The van der Waals surface area contributed by atoms with E-state index in [4.69, 9.17) is 0 Å². The first-order valence-corrected chi connectivity index (χ1v) is 10.4. The standard InChI is InChI=1S/C16H19N3O8S2.2Na/c1-3-4-8-19-15(20)13(10(2)14(16(19)21)29(23,24)25)18-17-11-6-5-7-12(9-11)28-27-26-22;;/h5-7,9,21-22H,3-4,8H2,1-2H3,(H,23,24,25);;/q;2*+1/p-2. The van der Waals surface area contributed by atoms with Crippen molar-refractivity contribution in [2.45, 2.75) is 43.0 Å². The molecule has 1 N–H and O–H groups in total. The molecule has 0 fully saturated rings. The van der Waals surface area contributed by atoms with Crippen molar-refractivity contribution in [2.24, 2.45) is 10.2 Å². The Morgan fingerprint density at radius 2 is 1.94 bits per heavy atom. The molecule has 0 aliphatic carbocycles. The van der Waals surface area contributed by atoms with Crippen LogP contribution in [-0.2, 0) is 26.0 Å². The van der Waals surface area contributed by atoms with Crippen LogP contribution in [-0.4, -0.2) is 22.6 Å². The molecule has 0 aliphatic rings. The molecule has 0 bridgehead atoms. The summed E-state index contributed by atoms with van der Waals surface area (Å²) in [5.74, 6) is -0.914. The molecule has 15 heteroatoms. The third kappa shape index (κ3) is 8.21. The Hall–Kier alpha value is -0.290. The van der Waals surface area contributed by atoms with Crippen molar-refractivity contribution in [2.75, 3.05) is 0 Å². The molecule has 31 heavy (non-hydrogen) atoms. The summed E-state index contributed by atoms with van der Waals surface area (Å²) in [5, 5.41) is 31.1. The Morgan fingerprint density at radius 3 is 2.52 bits per heavy atom. The fourth-order valence-electron chi connectivity index (χ4n) is 2.48. The van der Waals surface area contributed by atoms with E-state index in [2.05, 4.69) is 19.6 Å². The number of pyridine rings is 1. The summed E-state index contributed by atoms with van der Waals surface area (Å²) >= 11 is 0.626. The number of hydrogen-bond donors (Lipinski definition) is 1. The molecule has 0 atom stereocenters. The van der Waals surface area contributed by atoms with Gasteiger partial charge in [0.25, 0.3) is 5.56 Å². The van der Waals surface area contributed by atoms with Crippen LogP contribution in [0.3, 0.4) is 0 Å². The van der Waals surface area contributed by atoms with Gasteiger partial charge in [-0.15, -0.1) is 5.11 Å². The zero-order valence-electron chi connectivity index (χ0n) is 17.4. The zero-order chi connectivity index (χ0) is 21.6. The molecule has 0 saturated carbocycles. The number of nitrogens with zero attached hydrogens (tertiary/aromatic N) is 3. The van der Waals surface area contributed by atoms with Gasteiger partial charge in [-0.1, -0.05) is 19.4 Å². The normalized spacial score (nSPS) is 11.2. The molecule has 0 aliphatic heterocycles. The molecule has 0 radical (unpaired) electrons. The second-order valence-electron chi connectivity index (χ2n) is 5.81. The maximum absolute atomic E-state index is 12.7. The van der Waals surface area contributed by atoms with Crippen LogP contribution in [0.4, 0.5) is 11.4 Å². The van der Waals surface area contributed by atoms with Crippen molar-refractivity contribution in [3.8, 4) is 5.88 Å². The largest absolute Gasteiger partial charge is 1.00 e. The smallest absolute Gasteiger partial charge is 0.744 e. The minimum Gasteiger partial charge on any atom is -0.744 e. The van der Waals surface area contributed by atoms with E-state index in [1.54, 1.807) is 12.1 Å². The Bertz CT molecular complexity index is 1080. The van der Waals surface area contributed by atoms with E-state index in [9.17, 15) is 28.1 Å². The van der Waals surface area contributed by atoms with Gasteiger partial charge in [-0.25, -0.2) is 8.42 Å². The molecule has 0 unspecified atom stereocenters. The Morgan fingerprint density at radius 1 is 1.26 bits per heavy atom. The summed E-state index contributed by atoms with van der Waals surface area (Å²) in [6.45, 7) is 3.04. The summed E-state index contributed by atoms with van der Waals surface area (Å²) in [6, 6.07) is 6.15. The van der Waals surface area contributed by atoms with Gasteiger partial charge in [-0.3, -0.25) is 14.4 Å². The average Bonchev–Trinajstić information content (AvgIpc) is 2.65. The quantitative estimate of drug-likeness (QED) is 0.0929. The van der Waals surface area contributed by atoms with Gasteiger partial charge in [0.05, 0.1) is 17.7 Å². The Labute approximate surface area is 227 Å². The summed E-state index contributed by atoms with van der Waals surface area (Å²) in [5.41, 5.74) is -1.21. The van der Waals surface area contributed by atoms with Gasteiger partial charge >= 0.3 is 59.1 Å². The fourth-order valence-corrected chi connectivity index (χ4v) is 3.70. The van der Waals surface area contributed by atoms with Gasteiger partial charge in [0.2, 0.25) is 5.88 Å². The van der Waals surface area contributed by atoms with E-state index in [-0.39, 0.29) is 82.6 Å². The Kier molecular flexibility index (Phi) is 13.9. The molecule has 158 valence electrons. The maximum atomic E-state index is 12.7. The predicted octanol–water partition coefficient (Wildman–Crippen LogP) is -3.78. The van der Waals surface area contributed by atoms with Gasteiger partial charge in [0.1, 0.15) is 15.0 Å². The first-order valence-electron chi connectivity index (χ1n) is 8.28. The molecule has 0 saturated heterocycles. The van der Waals surface area contributed by atoms with Crippen LogP contribution in [0, 0.1) is 6.92 Å². The maximum Gasteiger partial charge on any atom is 1.00 e. The summed E-state index contributed by atoms with van der Waals surface area (Å²) in [6.07, 6.45) is 1.13. The van der Waals surface area contributed by atoms with Gasteiger partial charge in [0.15, 0.2) is 5.69 Å². The average molecular weight is 489 g/mol. The number of aromatic nitrogens is 1. The topological polar surface area (TPSA) is 166 Å². The third-order valence-electron chi connectivity index (χ3n) is 3.83. The third-order valence-corrected chi connectivity index (χ3v) is 5.39. The number of unbranched alkanes of at least 4 members (excludes halogenated alkanes) is 1. The van der Waals surface area contributed by atoms with Crippen LogP contribution in [0.2, 0.25) is 0 Å². The van der Waals surface area contributed by atoms with Crippen molar-refractivity contribution in [1.29, 1.82) is 0 Å². The number of benzene rings is 1. The van der Waals surface area contributed by atoms with E-state index in [0.29, 0.717) is 29.8 Å². The van der Waals surface area contributed by atoms with Gasteiger partial charge < -0.3 is 14.9 Å². The molecule has 1 aromatic carbocycles. The fraction of sp³-hybridized carbons (Fsp3) is 0.312. The predicted molar refractivity (Wildman–Crippen MR) is 98.6 cm³/mol. The van der Waals surface area contributed by atoms with E-state index in [1.807, 2.05) is 6.92 Å². The summed E-state index contributed by atoms with van der Waals surface area (Å²) < 4.78 is 39.9.